The second kappa shape index (κ2) is 9.78. The largest absolute Gasteiger partial charge is 0.493 e. The maximum Gasteiger partial charge on any atom is 0.311 e. The fraction of sp³-hybridized carbons (Fsp3) is 0.219. The Morgan fingerprint density at radius 3 is 2.61 bits per heavy atom. The number of anilines is 1. The van der Waals surface area contributed by atoms with E-state index in [1.165, 1.54) is 5.56 Å². The van der Waals surface area contributed by atoms with Gasteiger partial charge in [0.2, 0.25) is 0 Å². The first-order valence-corrected chi connectivity index (χ1v) is 12.9. The molecule has 0 spiro atoms. The molecule has 0 radical (unpaired) electrons. The quantitative estimate of drug-likeness (QED) is 0.246. The van der Waals surface area contributed by atoms with Gasteiger partial charge in [-0.2, -0.15) is 0 Å². The van der Waals surface area contributed by atoms with Gasteiger partial charge < -0.3 is 14.8 Å². The molecule has 0 fully saturated rings. The highest BCUT2D eigenvalue weighted by Gasteiger charge is 2.39. The van der Waals surface area contributed by atoms with Crippen molar-refractivity contribution in [1.82, 2.24) is 4.98 Å². The summed E-state index contributed by atoms with van der Waals surface area (Å²) in [7, 11) is 1.55. The van der Waals surface area contributed by atoms with Gasteiger partial charge in [0.25, 0.3) is 0 Å². The zero-order chi connectivity index (χ0) is 26.2. The minimum atomic E-state index is -0.334. The summed E-state index contributed by atoms with van der Waals surface area (Å²) in [5.74, 6) is 0.414. The number of pyridine rings is 1. The molecule has 4 aromatic rings. The molecule has 2 aliphatic rings. The summed E-state index contributed by atoms with van der Waals surface area (Å²) in [6.07, 6.45) is 3.23. The Labute approximate surface area is 221 Å². The number of nitrogens with one attached hydrogen (secondary N) is 1. The number of aromatic nitrogens is 1. The van der Waals surface area contributed by atoms with Gasteiger partial charge in [-0.25, -0.2) is 0 Å². The molecule has 6 heteroatoms. The third-order valence-corrected chi connectivity index (χ3v) is 7.50. The van der Waals surface area contributed by atoms with E-state index in [0.717, 1.165) is 45.4 Å². The van der Waals surface area contributed by atoms with Crippen LogP contribution in [-0.2, 0) is 9.59 Å². The maximum absolute atomic E-state index is 13.9. The van der Waals surface area contributed by atoms with Gasteiger partial charge in [-0.3, -0.25) is 14.6 Å². The molecule has 1 aromatic heterocycles. The zero-order valence-electron chi connectivity index (χ0n) is 21.4. The lowest BCUT2D eigenvalue weighted by molar-refractivity contribution is -0.134. The average molecular weight is 505 g/mol. The average Bonchev–Trinajstić information content (AvgIpc) is 2.96. The lowest BCUT2D eigenvalue weighted by Gasteiger charge is -2.37. The molecule has 0 bridgehead atoms. The molecule has 0 amide bonds. The standard InChI is InChI=1S/C32H28N2O4/c1-3-29(36)38-27-14-11-20(18-28(27)37-2)30-31-22-10-7-15-33-23(22)12-13-24(31)34-25-16-21(17-26(35)32(25)30)19-8-5-4-6-9-19/h4-15,18,21,30,34H,3,16-17H2,1-2H3. The molecule has 6 nitrogen and oxygen atoms in total. The molecule has 0 saturated heterocycles. The van der Waals surface area contributed by atoms with Crippen LogP contribution in [0.15, 0.2) is 90.3 Å². The van der Waals surface area contributed by atoms with Crippen LogP contribution in [0.4, 0.5) is 5.69 Å². The van der Waals surface area contributed by atoms with Gasteiger partial charge in [0.15, 0.2) is 17.3 Å². The summed E-state index contributed by atoms with van der Waals surface area (Å²) >= 11 is 0. The number of rotatable bonds is 5. The van der Waals surface area contributed by atoms with E-state index in [1.807, 2.05) is 48.5 Å². The molecule has 190 valence electrons. The van der Waals surface area contributed by atoms with Crippen LogP contribution < -0.4 is 14.8 Å². The number of esters is 1. The van der Waals surface area contributed by atoms with Crippen LogP contribution in [-0.4, -0.2) is 23.8 Å². The number of hydrogen-bond donors (Lipinski definition) is 1. The Hall–Kier alpha value is -4.45. The molecule has 38 heavy (non-hydrogen) atoms. The molecular weight excluding hydrogens is 476 g/mol. The molecule has 1 aliphatic carbocycles. The van der Waals surface area contributed by atoms with Crippen molar-refractivity contribution >= 4 is 28.3 Å². The minimum absolute atomic E-state index is 0.115. The third-order valence-electron chi connectivity index (χ3n) is 7.50. The predicted octanol–water partition coefficient (Wildman–Crippen LogP) is 6.52. The van der Waals surface area contributed by atoms with Gasteiger partial charge in [0, 0.05) is 47.3 Å². The van der Waals surface area contributed by atoms with Crippen molar-refractivity contribution in [3.05, 3.63) is 107 Å². The Kier molecular flexibility index (Phi) is 6.16. The van der Waals surface area contributed by atoms with E-state index in [2.05, 4.69) is 28.5 Å². The van der Waals surface area contributed by atoms with Gasteiger partial charge in [0.05, 0.1) is 12.6 Å². The molecule has 0 saturated carbocycles. The fourth-order valence-corrected chi connectivity index (χ4v) is 5.72. The van der Waals surface area contributed by atoms with Crippen LogP contribution in [0.2, 0.25) is 0 Å². The lowest BCUT2D eigenvalue weighted by atomic mass is 9.71. The van der Waals surface area contributed by atoms with E-state index < -0.39 is 0 Å². The normalized spacial score (nSPS) is 18.4. The highest BCUT2D eigenvalue weighted by atomic mass is 16.6. The fourth-order valence-electron chi connectivity index (χ4n) is 5.72. The number of carbonyl (C=O) groups is 2. The number of ether oxygens (including phenoxy) is 2. The van der Waals surface area contributed by atoms with E-state index in [-0.39, 0.29) is 30.0 Å². The zero-order valence-corrected chi connectivity index (χ0v) is 21.4. The third kappa shape index (κ3) is 4.12. The predicted molar refractivity (Wildman–Crippen MR) is 147 cm³/mol. The van der Waals surface area contributed by atoms with Gasteiger partial charge in [-0.15, -0.1) is 0 Å². The van der Waals surface area contributed by atoms with Crippen molar-refractivity contribution in [3.63, 3.8) is 0 Å². The summed E-state index contributed by atoms with van der Waals surface area (Å²) in [6.45, 7) is 1.75. The van der Waals surface area contributed by atoms with E-state index in [9.17, 15) is 9.59 Å². The highest BCUT2D eigenvalue weighted by Crippen LogP contribution is 2.50. The molecule has 1 N–H and O–H groups in total. The van der Waals surface area contributed by atoms with Crippen molar-refractivity contribution < 1.29 is 19.1 Å². The second-order valence-electron chi connectivity index (χ2n) is 9.72. The van der Waals surface area contributed by atoms with E-state index in [1.54, 1.807) is 26.3 Å². The molecule has 3 aromatic carbocycles. The van der Waals surface area contributed by atoms with Crippen LogP contribution >= 0.6 is 0 Å². The number of nitrogens with zero attached hydrogens (tertiary/aromatic N) is 1. The number of allylic oxidation sites excluding steroid dienone is 2. The van der Waals surface area contributed by atoms with Gasteiger partial charge in [-0.05, 0) is 59.4 Å². The molecule has 2 heterocycles. The van der Waals surface area contributed by atoms with Crippen molar-refractivity contribution in [2.24, 2.45) is 0 Å². The highest BCUT2D eigenvalue weighted by molar-refractivity contribution is 6.04. The van der Waals surface area contributed by atoms with Crippen molar-refractivity contribution in [1.29, 1.82) is 0 Å². The molecule has 1 aliphatic heterocycles. The van der Waals surface area contributed by atoms with Gasteiger partial charge in [-0.1, -0.05) is 49.4 Å². The lowest BCUT2D eigenvalue weighted by Crippen LogP contribution is -2.30. The number of hydrogen-bond acceptors (Lipinski definition) is 6. The van der Waals surface area contributed by atoms with Crippen LogP contribution in [0.25, 0.3) is 10.9 Å². The Morgan fingerprint density at radius 1 is 0.974 bits per heavy atom. The Morgan fingerprint density at radius 2 is 1.82 bits per heavy atom. The molecule has 6 rings (SSSR count). The van der Waals surface area contributed by atoms with Crippen molar-refractivity contribution in [2.45, 2.75) is 38.0 Å². The molecule has 2 atom stereocenters. The van der Waals surface area contributed by atoms with E-state index in [0.29, 0.717) is 17.9 Å². The summed E-state index contributed by atoms with van der Waals surface area (Å²) in [5.41, 5.74) is 6.65. The number of methoxy groups -OCH3 is 1. The van der Waals surface area contributed by atoms with Crippen LogP contribution in [0.5, 0.6) is 11.5 Å². The topological polar surface area (TPSA) is 77.5 Å². The number of benzene rings is 3. The van der Waals surface area contributed by atoms with Gasteiger partial charge in [0.1, 0.15) is 0 Å². The SMILES string of the molecule is CCC(=O)Oc1ccc(C2C3=C(CC(c4ccccc4)CC3=O)Nc3ccc4ncccc4c32)cc1OC. The Bertz CT molecular complexity index is 1590. The van der Waals surface area contributed by atoms with E-state index >= 15 is 0 Å². The summed E-state index contributed by atoms with van der Waals surface area (Å²) in [4.78, 5) is 30.5. The molecular formula is C32H28N2O4. The Balaban J connectivity index is 1.53. The summed E-state index contributed by atoms with van der Waals surface area (Å²) in [6, 6.07) is 23.8. The van der Waals surface area contributed by atoms with Crippen molar-refractivity contribution in [3.8, 4) is 11.5 Å². The monoisotopic (exact) mass is 504 g/mol. The number of fused-ring (bicyclic) bond motifs is 3. The first-order valence-electron chi connectivity index (χ1n) is 12.9. The van der Waals surface area contributed by atoms with Crippen LogP contribution in [0.3, 0.4) is 0 Å². The number of carbonyl (C=O) groups excluding carboxylic acids is 2. The second-order valence-corrected chi connectivity index (χ2v) is 9.72. The van der Waals surface area contributed by atoms with Crippen molar-refractivity contribution in [2.75, 3.05) is 12.4 Å². The smallest absolute Gasteiger partial charge is 0.311 e. The van der Waals surface area contributed by atoms with Crippen LogP contribution in [0, 0.1) is 0 Å². The first kappa shape index (κ1) is 23.9. The summed E-state index contributed by atoms with van der Waals surface area (Å²) in [5, 5.41) is 4.62. The number of ketones is 1. The molecule has 2 unspecified atom stereocenters. The first-order chi connectivity index (χ1) is 18.6. The number of Topliss-reactive ketones (excluding diaryl/α,β-unsaturated/α-hetero) is 1. The van der Waals surface area contributed by atoms with Crippen LogP contribution in [0.1, 0.15) is 54.7 Å². The maximum atomic E-state index is 13.9. The minimum Gasteiger partial charge on any atom is -0.493 e. The van der Waals surface area contributed by atoms with Gasteiger partial charge >= 0.3 is 5.97 Å². The summed E-state index contributed by atoms with van der Waals surface area (Å²) < 4.78 is 11.1. The van der Waals surface area contributed by atoms with E-state index in [4.69, 9.17) is 9.47 Å².